The van der Waals surface area contributed by atoms with E-state index in [2.05, 4.69) is 10.6 Å². The van der Waals surface area contributed by atoms with Crippen molar-refractivity contribution >= 4 is 46.4 Å². The number of nitrogens with one attached hydrogen (secondary N) is 3. The van der Waals surface area contributed by atoms with Gasteiger partial charge in [-0.25, -0.2) is 0 Å². The molecule has 0 spiro atoms. The van der Waals surface area contributed by atoms with Gasteiger partial charge in [-0.1, -0.05) is 41.4 Å². The molecule has 25 heavy (non-hydrogen) atoms. The number of hydrogen-bond acceptors (Lipinski definition) is 2. The standard InChI is InChI=1S/C18H19Cl2N3O2/c1-12-13(19)7-5-9-15(12)21-17(24)10-23(2)11-18(25)22-16-8-4-3-6-14(16)20/h3-9H,10-11H2,1-2H3,(H,21,24)(H,22,25)/p+1. The molecule has 1 atom stereocenters. The van der Waals surface area contributed by atoms with E-state index in [1.807, 2.05) is 6.92 Å². The predicted octanol–water partition coefficient (Wildman–Crippen LogP) is 2.39. The lowest BCUT2D eigenvalue weighted by atomic mass is 10.2. The van der Waals surface area contributed by atoms with Gasteiger partial charge in [0.15, 0.2) is 13.1 Å². The summed E-state index contributed by atoms with van der Waals surface area (Å²) in [6.07, 6.45) is 0. The van der Waals surface area contributed by atoms with E-state index >= 15 is 0 Å². The van der Waals surface area contributed by atoms with Gasteiger partial charge in [0.2, 0.25) is 0 Å². The number of carbonyl (C=O) groups excluding carboxylic acids is 2. The van der Waals surface area contributed by atoms with Crippen molar-refractivity contribution in [1.29, 1.82) is 0 Å². The van der Waals surface area contributed by atoms with Crippen LogP contribution in [-0.4, -0.2) is 32.0 Å². The lowest BCUT2D eigenvalue weighted by Gasteiger charge is -2.15. The fraction of sp³-hybridized carbons (Fsp3) is 0.222. The Bertz CT molecular complexity index is 781. The molecule has 0 saturated carbocycles. The molecular formula is C18H20Cl2N3O2+. The van der Waals surface area contributed by atoms with E-state index in [0.29, 0.717) is 21.4 Å². The molecule has 1 unspecified atom stereocenters. The SMILES string of the molecule is Cc1c(Cl)cccc1NC(=O)C[NH+](C)CC(=O)Nc1ccccc1Cl. The molecular weight excluding hydrogens is 361 g/mol. The Morgan fingerprint density at radius 1 is 0.880 bits per heavy atom. The first-order valence-corrected chi connectivity index (χ1v) is 8.53. The van der Waals surface area contributed by atoms with Gasteiger partial charge < -0.3 is 15.5 Å². The second-order valence-corrected chi connectivity index (χ2v) is 6.61. The van der Waals surface area contributed by atoms with Crippen molar-refractivity contribution in [2.45, 2.75) is 6.92 Å². The molecule has 2 rings (SSSR count). The second kappa shape index (κ2) is 8.85. The van der Waals surface area contributed by atoms with Crippen LogP contribution < -0.4 is 15.5 Å². The summed E-state index contributed by atoms with van der Waals surface area (Å²) >= 11 is 12.1. The van der Waals surface area contributed by atoms with Gasteiger partial charge in [0.25, 0.3) is 11.8 Å². The molecule has 0 aliphatic heterocycles. The Balaban J connectivity index is 1.86. The largest absolute Gasteiger partial charge is 0.322 e. The Hall–Kier alpha value is -2.08. The number of anilines is 2. The highest BCUT2D eigenvalue weighted by molar-refractivity contribution is 6.33. The van der Waals surface area contributed by atoms with Crippen LogP contribution in [0.4, 0.5) is 11.4 Å². The van der Waals surface area contributed by atoms with Gasteiger partial charge >= 0.3 is 0 Å². The van der Waals surface area contributed by atoms with E-state index in [1.54, 1.807) is 49.5 Å². The number of likely N-dealkylation sites (N-methyl/N-ethyl adjacent to an activating group) is 1. The lowest BCUT2D eigenvalue weighted by molar-refractivity contribution is -0.862. The van der Waals surface area contributed by atoms with E-state index in [-0.39, 0.29) is 24.9 Å². The maximum Gasteiger partial charge on any atom is 0.279 e. The quantitative estimate of drug-likeness (QED) is 0.720. The van der Waals surface area contributed by atoms with Crippen LogP contribution in [0.2, 0.25) is 10.0 Å². The third kappa shape index (κ3) is 5.74. The first kappa shape index (κ1) is 19.2. The van der Waals surface area contributed by atoms with Gasteiger partial charge in [-0.2, -0.15) is 0 Å². The van der Waals surface area contributed by atoms with Gasteiger partial charge in [-0.05, 0) is 36.8 Å². The summed E-state index contributed by atoms with van der Waals surface area (Å²) in [4.78, 5) is 25.0. The van der Waals surface area contributed by atoms with E-state index in [9.17, 15) is 9.59 Å². The lowest BCUT2D eigenvalue weighted by Crippen LogP contribution is -3.11. The van der Waals surface area contributed by atoms with Gasteiger partial charge in [-0.3, -0.25) is 9.59 Å². The van der Waals surface area contributed by atoms with Crippen LogP contribution in [0.3, 0.4) is 0 Å². The third-order valence-electron chi connectivity index (χ3n) is 3.61. The molecule has 2 aromatic carbocycles. The number of rotatable bonds is 6. The molecule has 0 saturated heterocycles. The number of quaternary nitrogens is 1. The molecule has 0 bridgehead atoms. The number of benzene rings is 2. The Kier molecular flexibility index (Phi) is 6.82. The maximum atomic E-state index is 12.2. The van der Waals surface area contributed by atoms with Crippen LogP contribution in [-0.2, 0) is 9.59 Å². The topological polar surface area (TPSA) is 62.6 Å². The van der Waals surface area contributed by atoms with Crippen molar-refractivity contribution in [2.24, 2.45) is 0 Å². The second-order valence-electron chi connectivity index (χ2n) is 5.80. The van der Waals surface area contributed by atoms with Crippen LogP contribution in [0.25, 0.3) is 0 Å². The number of para-hydroxylation sites is 1. The monoisotopic (exact) mass is 380 g/mol. The molecule has 0 fully saturated rings. The first-order chi connectivity index (χ1) is 11.9. The molecule has 0 aliphatic carbocycles. The summed E-state index contributed by atoms with van der Waals surface area (Å²) in [6, 6.07) is 12.3. The van der Waals surface area contributed by atoms with Crippen molar-refractivity contribution in [3.8, 4) is 0 Å². The van der Waals surface area contributed by atoms with E-state index in [1.165, 1.54) is 0 Å². The summed E-state index contributed by atoms with van der Waals surface area (Å²) in [5.41, 5.74) is 2.04. The summed E-state index contributed by atoms with van der Waals surface area (Å²) in [6.45, 7) is 2.14. The molecule has 0 aromatic heterocycles. The molecule has 2 amide bonds. The minimum atomic E-state index is -0.211. The van der Waals surface area contributed by atoms with Crippen LogP contribution in [0.1, 0.15) is 5.56 Å². The fourth-order valence-corrected chi connectivity index (χ4v) is 2.66. The zero-order valence-electron chi connectivity index (χ0n) is 14.0. The third-order valence-corrected chi connectivity index (χ3v) is 4.35. The highest BCUT2D eigenvalue weighted by Crippen LogP contribution is 2.22. The summed E-state index contributed by atoms with van der Waals surface area (Å²) in [7, 11) is 1.77. The van der Waals surface area contributed by atoms with E-state index in [4.69, 9.17) is 23.2 Å². The Morgan fingerprint density at radius 3 is 2.04 bits per heavy atom. The van der Waals surface area contributed by atoms with Crippen LogP contribution in [0.5, 0.6) is 0 Å². The number of hydrogen-bond donors (Lipinski definition) is 3. The molecule has 0 radical (unpaired) electrons. The summed E-state index contributed by atoms with van der Waals surface area (Å²) in [5.74, 6) is -0.397. The minimum Gasteiger partial charge on any atom is -0.322 e. The first-order valence-electron chi connectivity index (χ1n) is 7.77. The molecule has 5 nitrogen and oxygen atoms in total. The summed E-state index contributed by atoms with van der Waals surface area (Å²) < 4.78 is 0. The average molecular weight is 381 g/mol. The smallest absolute Gasteiger partial charge is 0.279 e. The van der Waals surface area contributed by atoms with Crippen LogP contribution in [0.15, 0.2) is 42.5 Å². The van der Waals surface area contributed by atoms with Crippen molar-refractivity contribution in [1.82, 2.24) is 0 Å². The van der Waals surface area contributed by atoms with Crippen molar-refractivity contribution in [2.75, 3.05) is 30.8 Å². The average Bonchev–Trinajstić information content (AvgIpc) is 2.53. The highest BCUT2D eigenvalue weighted by atomic mass is 35.5. The predicted molar refractivity (Wildman–Crippen MR) is 102 cm³/mol. The van der Waals surface area contributed by atoms with Crippen molar-refractivity contribution in [3.63, 3.8) is 0 Å². The molecule has 3 N–H and O–H groups in total. The van der Waals surface area contributed by atoms with E-state index in [0.717, 1.165) is 10.5 Å². The van der Waals surface area contributed by atoms with E-state index < -0.39 is 0 Å². The highest BCUT2D eigenvalue weighted by Gasteiger charge is 2.16. The minimum absolute atomic E-state index is 0.146. The van der Waals surface area contributed by atoms with Crippen molar-refractivity contribution in [3.05, 3.63) is 58.1 Å². The molecule has 7 heteroatoms. The van der Waals surface area contributed by atoms with Crippen LogP contribution >= 0.6 is 23.2 Å². The van der Waals surface area contributed by atoms with Gasteiger partial charge in [0, 0.05) is 10.7 Å². The normalized spacial score (nSPS) is 11.7. The fourth-order valence-electron chi connectivity index (χ4n) is 2.30. The molecule has 0 heterocycles. The Labute approximate surface area is 156 Å². The maximum absolute atomic E-state index is 12.2. The van der Waals surface area contributed by atoms with Crippen molar-refractivity contribution < 1.29 is 14.5 Å². The number of carbonyl (C=O) groups is 2. The zero-order valence-corrected chi connectivity index (χ0v) is 15.5. The van der Waals surface area contributed by atoms with Gasteiger partial charge in [-0.15, -0.1) is 0 Å². The molecule has 0 aliphatic rings. The summed E-state index contributed by atoms with van der Waals surface area (Å²) in [5, 5.41) is 6.63. The van der Waals surface area contributed by atoms with Crippen LogP contribution in [0, 0.1) is 6.92 Å². The number of amides is 2. The van der Waals surface area contributed by atoms with Gasteiger partial charge in [0.05, 0.1) is 17.8 Å². The van der Waals surface area contributed by atoms with Gasteiger partial charge in [0.1, 0.15) is 0 Å². The molecule has 132 valence electrons. The number of halogens is 2. The Morgan fingerprint density at radius 2 is 1.40 bits per heavy atom. The molecule has 2 aromatic rings. The zero-order chi connectivity index (χ0) is 18.4.